The summed E-state index contributed by atoms with van der Waals surface area (Å²) in [4.78, 5) is 21.9. The summed E-state index contributed by atoms with van der Waals surface area (Å²) in [5.74, 6) is -1.11. The molecule has 15 heavy (non-hydrogen) atoms. The molecule has 0 aromatic heterocycles. The van der Waals surface area contributed by atoms with Crippen LogP contribution in [0.5, 0.6) is 0 Å². The summed E-state index contributed by atoms with van der Waals surface area (Å²) >= 11 is 0. The van der Waals surface area contributed by atoms with Crippen LogP contribution in [-0.2, 0) is 9.59 Å². The molecule has 2 N–H and O–H groups in total. The van der Waals surface area contributed by atoms with Gasteiger partial charge >= 0.3 is 0 Å². The number of ketones is 2. The molecule has 0 saturated heterocycles. The Kier molecular flexibility index (Phi) is 3.94. The van der Waals surface area contributed by atoms with Crippen LogP contribution in [0.15, 0.2) is 23.8 Å². The smallest absolute Gasteiger partial charge is 0.226 e. The van der Waals surface area contributed by atoms with Crippen molar-refractivity contribution >= 4 is 11.6 Å². The van der Waals surface area contributed by atoms with Crippen molar-refractivity contribution in [3.8, 4) is 0 Å². The van der Waals surface area contributed by atoms with E-state index in [0.717, 1.165) is 0 Å². The zero-order valence-electron chi connectivity index (χ0n) is 8.86. The molecule has 0 spiro atoms. The average Bonchev–Trinajstić information content (AvgIpc) is 2.18. The van der Waals surface area contributed by atoms with Gasteiger partial charge < -0.3 is 10.4 Å². The van der Waals surface area contributed by atoms with Gasteiger partial charge in [-0.15, -0.1) is 0 Å². The number of hydrogen-bond acceptors (Lipinski definition) is 4. The van der Waals surface area contributed by atoms with Crippen LogP contribution in [0.1, 0.15) is 13.8 Å². The topological polar surface area (TPSA) is 66.4 Å². The Balaban J connectivity index is 2.58. The molecule has 0 saturated carbocycles. The third-order valence-corrected chi connectivity index (χ3v) is 2.07. The Labute approximate surface area is 88.7 Å². The molecular weight excluding hydrogens is 194 g/mol. The largest absolute Gasteiger partial charge is 0.387 e. The van der Waals surface area contributed by atoms with Gasteiger partial charge in [0.1, 0.15) is 0 Å². The summed E-state index contributed by atoms with van der Waals surface area (Å²) in [6, 6.07) is 0.269. The third kappa shape index (κ3) is 3.42. The highest BCUT2D eigenvalue weighted by Gasteiger charge is 2.17. The number of aliphatic hydroxyl groups excluding tert-OH is 1. The summed E-state index contributed by atoms with van der Waals surface area (Å²) < 4.78 is 0. The summed E-state index contributed by atoms with van der Waals surface area (Å²) in [7, 11) is 0. The van der Waals surface area contributed by atoms with Crippen molar-refractivity contribution in [3.05, 3.63) is 23.8 Å². The molecule has 1 rings (SSSR count). The Morgan fingerprint density at radius 2 is 1.93 bits per heavy atom. The quantitative estimate of drug-likeness (QED) is 0.504. The van der Waals surface area contributed by atoms with Gasteiger partial charge in [0, 0.05) is 12.6 Å². The van der Waals surface area contributed by atoms with Gasteiger partial charge in [-0.2, -0.15) is 0 Å². The Hall–Kier alpha value is -1.26. The molecule has 0 heterocycles. The zero-order valence-corrected chi connectivity index (χ0v) is 8.86. The molecule has 1 aliphatic rings. The lowest BCUT2D eigenvalue weighted by molar-refractivity contribution is -0.131. The van der Waals surface area contributed by atoms with Gasteiger partial charge in [0.05, 0.1) is 6.10 Å². The molecule has 4 heteroatoms. The summed E-state index contributed by atoms with van der Waals surface area (Å²) in [6.45, 7) is 4.30. The molecule has 0 radical (unpaired) electrons. The van der Waals surface area contributed by atoms with E-state index in [1.54, 1.807) is 0 Å². The highest BCUT2D eigenvalue weighted by atomic mass is 16.3. The lowest BCUT2D eigenvalue weighted by Gasteiger charge is -2.16. The molecule has 0 fully saturated rings. The van der Waals surface area contributed by atoms with E-state index in [1.165, 1.54) is 18.2 Å². The minimum absolute atomic E-state index is 0.269. The number of carbonyl (C=O) groups is 2. The first-order chi connectivity index (χ1) is 7.00. The number of hydrogen-bond donors (Lipinski definition) is 2. The SMILES string of the molecule is CC(C)NCC(O)C1=CC(=O)C(=O)C=C1. The number of aliphatic hydroxyl groups is 1. The predicted octanol–water partition coefficient (Wildman–Crippen LogP) is -0.0203. The van der Waals surface area contributed by atoms with Crippen LogP contribution in [0.4, 0.5) is 0 Å². The summed E-state index contributed by atoms with van der Waals surface area (Å²) in [5, 5.41) is 12.7. The molecule has 1 unspecified atom stereocenters. The highest BCUT2D eigenvalue weighted by molar-refractivity contribution is 6.46. The van der Waals surface area contributed by atoms with E-state index in [2.05, 4.69) is 5.32 Å². The fraction of sp³-hybridized carbons (Fsp3) is 0.455. The van der Waals surface area contributed by atoms with E-state index < -0.39 is 17.7 Å². The van der Waals surface area contributed by atoms with Crippen LogP contribution in [-0.4, -0.2) is 35.4 Å². The number of rotatable bonds is 4. The maximum absolute atomic E-state index is 11.0. The van der Waals surface area contributed by atoms with Crippen LogP contribution in [0, 0.1) is 0 Å². The monoisotopic (exact) mass is 209 g/mol. The second kappa shape index (κ2) is 5.00. The first-order valence-electron chi connectivity index (χ1n) is 4.90. The van der Waals surface area contributed by atoms with E-state index in [-0.39, 0.29) is 6.04 Å². The van der Waals surface area contributed by atoms with Crippen LogP contribution >= 0.6 is 0 Å². The highest BCUT2D eigenvalue weighted by Crippen LogP contribution is 2.09. The van der Waals surface area contributed by atoms with Gasteiger partial charge in [-0.25, -0.2) is 0 Å². The molecule has 0 bridgehead atoms. The van der Waals surface area contributed by atoms with Crippen molar-refractivity contribution in [3.63, 3.8) is 0 Å². The lowest BCUT2D eigenvalue weighted by atomic mass is 10.0. The van der Waals surface area contributed by atoms with E-state index in [1.807, 2.05) is 13.8 Å². The van der Waals surface area contributed by atoms with Gasteiger partial charge in [0.15, 0.2) is 0 Å². The fourth-order valence-electron chi connectivity index (χ4n) is 1.20. The Morgan fingerprint density at radius 3 is 2.47 bits per heavy atom. The van der Waals surface area contributed by atoms with Crippen LogP contribution in [0.2, 0.25) is 0 Å². The van der Waals surface area contributed by atoms with E-state index in [9.17, 15) is 14.7 Å². The number of carbonyl (C=O) groups excluding carboxylic acids is 2. The minimum atomic E-state index is -0.749. The normalized spacial score (nSPS) is 18.3. The maximum atomic E-state index is 11.0. The fourth-order valence-corrected chi connectivity index (χ4v) is 1.20. The summed E-state index contributed by atoms with van der Waals surface area (Å²) in [6.07, 6.45) is 3.11. The Bertz CT molecular complexity index is 329. The molecule has 82 valence electrons. The van der Waals surface area contributed by atoms with Crippen molar-refractivity contribution in [2.75, 3.05) is 6.54 Å². The molecule has 1 aliphatic carbocycles. The predicted molar refractivity (Wildman–Crippen MR) is 56.4 cm³/mol. The molecule has 0 aromatic rings. The third-order valence-electron chi connectivity index (χ3n) is 2.07. The van der Waals surface area contributed by atoms with E-state index in [4.69, 9.17) is 0 Å². The average molecular weight is 209 g/mol. The van der Waals surface area contributed by atoms with Crippen molar-refractivity contribution in [1.29, 1.82) is 0 Å². The maximum Gasteiger partial charge on any atom is 0.226 e. The second-order valence-electron chi connectivity index (χ2n) is 3.78. The zero-order chi connectivity index (χ0) is 11.4. The van der Waals surface area contributed by atoms with Gasteiger partial charge in [-0.05, 0) is 17.7 Å². The van der Waals surface area contributed by atoms with E-state index in [0.29, 0.717) is 12.1 Å². The van der Waals surface area contributed by atoms with Gasteiger partial charge in [0.2, 0.25) is 11.6 Å². The summed E-state index contributed by atoms with van der Waals surface area (Å²) in [5.41, 5.74) is 0.479. The van der Waals surface area contributed by atoms with Crippen LogP contribution in [0.25, 0.3) is 0 Å². The number of allylic oxidation sites excluding steroid dienone is 2. The first kappa shape index (κ1) is 11.8. The van der Waals surface area contributed by atoms with Crippen LogP contribution < -0.4 is 5.32 Å². The molecular formula is C11H15NO3. The van der Waals surface area contributed by atoms with Crippen molar-refractivity contribution in [2.24, 2.45) is 0 Å². The van der Waals surface area contributed by atoms with Crippen LogP contribution in [0.3, 0.4) is 0 Å². The molecule has 0 aromatic carbocycles. The van der Waals surface area contributed by atoms with Crippen molar-refractivity contribution in [2.45, 2.75) is 26.0 Å². The molecule has 1 atom stereocenters. The second-order valence-corrected chi connectivity index (χ2v) is 3.78. The minimum Gasteiger partial charge on any atom is -0.387 e. The molecule has 0 amide bonds. The van der Waals surface area contributed by atoms with Gasteiger partial charge in [-0.1, -0.05) is 19.9 Å². The van der Waals surface area contributed by atoms with Crippen molar-refractivity contribution < 1.29 is 14.7 Å². The molecule has 0 aliphatic heterocycles. The van der Waals surface area contributed by atoms with Gasteiger partial charge in [-0.3, -0.25) is 9.59 Å². The molecule has 4 nitrogen and oxygen atoms in total. The Morgan fingerprint density at radius 1 is 1.27 bits per heavy atom. The van der Waals surface area contributed by atoms with Gasteiger partial charge in [0.25, 0.3) is 0 Å². The lowest BCUT2D eigenvalue weighted by Crippen LogP contribution is -2.33. The van der Waals surface area contributed by atoms with Crippen molar-refractivity contribution in [1.82, 2.24) is 5.32 Å². The van der Waals surface area contributed by atoms with E-state index >= 15 is 0 Å². The number of nitrogens with one attached hydrogen (secondary N) is 1. The first-order valence-corrected chi connectivity index (χ1v) is 4.90. The standard InChI is InChI=1S/C11H15NO3/c1-7(2)12-6-11(15)8-3-4-9(13)10(14)5-8/h3-5,7,11-12,15H,6H2,1-2H3.